The third-order valence-corrected chi connectivity index (χ3v) is 3.53. The topological polar surface area (TPSA) is 41.6 Å². The van der Waals surface area contributed by atoms with Crippen molar-refractivity contribution in [1.82, 2.24) is 0 Å². The maximum atomic E-state index is 6.20. The lowest BCUT2D eigenvalue weighted by molar-refractivity contribution is 0.486. The van der Waals surface area contributed by atoms with Gasteiger partial charge >= 0.3 is 0 Å². The Labute approximate surface area is 101 Å². The van der Waals surface area contributed by atoms with Gasteiger partial charge < -0.3 is 10.6 Å². The Kier molecular flexibility index (Phi) is 2.80. The van der Waals surface area contributed by atoms with E-state index >= 15 is 0 Å². The molecule has 0 radical (unpaired) electrons. The molecule has 0 spiro atoms. The summed E-state index contributed by atoms with van der Waals surface area (Å²) in [6.45, 7) is 5.01. The van der Waals surface area contributed by atoms with Crippen molar-refractivity contribution in [3.63, 3.8) is 0 Å². The summed E-state index contributed by atoms with van der Waals surface area (Å²) in [5.41, 5.74) is 6.83. The van der Waals surface area contributed by atoms with Crippen molar-refractivity contribution in [1.29, 1.82) is 0 Å². The van der Waals surface area contributed by atoms with Crippen LogP contribution < -0.4 is 10.6 Å². The molecule has 86 valence electrons. The normalized spacial score (nSPS) is 24.7. The van der Waals surface area contributed by atoms with Gasteiger partial charge in [-0.3, -0.25) is 4.99 Å². The van der Waals surface area contributed by atoms with Gasteiger partial charge in [-0.25, -0.2) is 0 Å². The molecule has 1 aliphatic heterocycles. The molecule has 0 fully saturated rings. The first-order valence-electron chi connectivity index (χ1n) is 5.43. The fourth-order valence-electron chi connectivity index (χ4n) is 1.99. The van der Waals surface area contributed by atoms with Gasteiger partial charge in [0, 0.05) is 0 Å². The number of rotatable bonds is 2. The molecule has 1 aliphatic rings. The molecule has 0 saturated carbocycles. The molecule has 3 nitrogen and oxygen atoms in total. The van der Waals surface area contributed by atoms with E-state index in [0.29, 0.717) is 11.0 Å². The fourth-order valence-corrected chi connectivity index (χ4v) is 2.21. The second-order valence-corrected chi connectivity index (χ2v) is 4.72. The van der Waals surface area contributed by atoms with Gasteiger partial charge in [-0.05, 0) is 25.5 Å². The minimum absolute atomic E-state index is 0.0604. The second-order valence-electron chi connectivity index (χ2n) is 4.31. The van der Waals surface area contributed by atoms with Gasteiger partial charge in [0.25, 0.3) is 0 Å². The third kappa shape index (κ3) is 1.65. The molecule has 0 aliphatic carbocycles. The van der Waals surface area contributed by atoms with Gasteiger partial charge in [-0.1, -0.05) is 30.7 Å². The van der Waals surface area contributed by atoms with Crippen molar-refractivity contribution >= 4 is 23.2 Å². The fraction of sp³-hybridized carbons (Fsp3) is 0.417. The van der Waals surface area contributed by atoms with Crippen molar-refractivity contribution in [2.75, 3.05) is 11.4 Å². The summed E-state index contributed by atoms with van der Waals surface area (Å²) in [4.78, 5) is 6.36. The summed E-state index contributed by atoms with van der Waals surface area (Å²) in [5, 5.41) is 0.710. The molecular weight excluding hydrogens is 222 g/mol. The summed E-state index contributed by atoms with van der Waals surface area (Å²) in [5.74, 6) is 0.553. The molecule has 1 aromatic rings. The van der Waals surface area contributed by atoms with Gasteiger partial charge in [0.15, 0.2) is 5.96 Å². The predicted molar refractivity (Wildman–Crippen MR) is 69.1 cm³/mol. The number of aliphatic imine (C=N–C) groups is 1. The summed E-state index contributed by atoms with van der Waals surface area (Å²) < 4.78 is 0. The van der Waals surface area contributed by atoms with Gasteiger partial charge in [0.1, 0.15) is 0 Å². The predicted octanol–water partition coefficient (Wildman–Crippen LogP) is 2.64. The number of hydrogen-bond donors (Lipinski definition) is 1. The van der Waals surface area contributed by atoms with E-state index in [4.69, 9.17) is 17.3 Å². The number of halogens is 1. The second kappa shape index (κ2) is 3.98. The lowest BCUT2D eigenvalue weighted by Crippen LogP contribution is -2.49. The highest BCUT2D eigenvalue weighted by Crippen LogP contribution is 2.35. The molecule has 0 amide bonds. The SMILES string of the molecule is CCC1(C)CN=C(N)N1c1ccccc1Cl. The Hall–Kier alpha value is -1.22. The Morgan fingerprint density at radius 2 is 2.19 bits per heavy atom. The van der Waals surface area contributed by atoms with Crippen molar-refractivity contribution in [2.45, 2.75) is 25.8 Å². The summed E-state index contributed by atoms with van der Waals surface area (Å²) in [6, 6.07) is 7.73. The molecule has 1 atom stereocenters. The highest BCUT2D eigenvalue weighted by atomic mass is 35.5. The van der Waals surface area contributed by atoms with Crippen LogP contribution >= 0.6 is 11.6 Å². The van der Waals surface area contributed by atoms with E-state index in [9.17, 15) is 0 Å². The van der Waals surface area contributed by atoms with Gasteiger partial charge in [0.05, 0.1) is 22.8 Å². The van der Waals surface area contributed by atoms with Crippen LogP contribution in [0.5, 0.6) is 0 Å². The number of anilines is 1. The lowest BCUT2D eigenvalue weighted by Gasteiger charge is -2.35. The largest absolute Gasteiger partial charge is 0.369 e. The first kappa shape index (κ1) is 11.3. The Morgan fingerprint density at radius 3 is 2.81 bits per heavy atom. The standard InChI is InChI=1S/C12H16ClN3/c1-3-12(2)8-15-11(14)16(12)10-7-5-4-6-9(10)13/h4-7H,3,8H2,1-2H3,(H2,14,15). The van der Waals surface area contributed by atoms with Gasteiger partial charge in [-0.15, -0.1) is 0 Å². The van der Waals surface area contributed by atoms with Crippen LogP contribution in [-0.4, -0.2) is 18.0 Å². The van der Waals surface area contributed by atoms with E-state index in [1.165, 1.54) is 0 Å². The highest BCUT2D eigenvalue weighted by molar-refractivity contribution is 6.34. The van der Waals surface area contributed by atoms with E-state index in [1.807, 2.05) is 29.2 Å². The Bertz CT molecular complexity index is 430. The number of nitrogens with two attached hydrogens (primary N) is 1. The average molecular weight is 238 g/mol. The zero-order chi connectivity index (χ0) is 11.8. The quantitative estimate of drug-likeness (QED) is 0.859. The minimum atomic E-state index is -0.0604. The van der Waals surface area contributed by atoms with E-state index in [0.717, 1.165) is 18.7 Å². The monoisotopic (exact) mass is 237 g/mol. The van der Waals surface area contributed by atoms with Crippen LogP contribution in [0.4, 0.5) is 5.69 Å². The Morgan fingerprint density at radius 1 is 1.50 bits per heavy atom. The molecular formula is C12H16ClN3. The summed E-state index contributed by atoms with van der Waals surface area (Å²) in [7, 11) is 0. The van der Waals surface area contributed by atoms with Crippen molar-refractivity contribution in [3.05, 3.63) is 29.3 Å². The molecule has 16 heavy (non-hydrogen) atoms. The number of guanidine groups is 1. The van der Waals surface area contributed by atoms with Crippen molar-refractivity contribution in [2.24, 2.45) is 10.7 Å². The number of nitrogens with zero attached hydrogens (tertiary/aromatic N) is 2. The van der Waals surface area contributed by atoms with Crippen LogP contribution in [-0.2, 0) is 0 Å². The molecule has 0 bridgehead atoms. The lowest BCUT2D eigenvalue weighted by atomic mass is 9.97. The first-order valence-corrected chi connectivity index (χ1v) is 5.81. The number of benzene rings is 1. The smallest absolute Gasteiger partial charge is 0.196 e. The van der Waals surface area contributed by atoms with Crippen LogP contribution in [0.1, 0.15) is 20.3 Å². The first-order chi connectivity index (χ1) is 7.58. The van der Waals surface area contributed by atoms with Crippen LogP contribution in [0.15, 0.2) is 29.3 Å². The van der Waals surface area contributed by atoms with E-state index in [-0.39, 0.29) is 5.54 Å². The van der Waals surface area contributed by atoms with Crippen molar-refractivity contribution in [3.8, 4) is 0 Å². The summed E-state index contributed by atoms with van der Waals surface area (Å²) >= 11 is 6.20. The van der Waals surface area contributed by atoms with E-state index in [2.05, 4.69) is 18.8 Å². The maximum Gasteiger partial charge on any atom is 0.196 e. The van der Waals surface area contributed by atoms with Crippen LogP contribution in [0.25, 0.3) is 0 Å². The molecule has 2 N–H and O–H groups in total. The molecule has 4 heteroatoms. The molecule has 1 unspecified atom stereocenters. The van der Waals surface area contributed by atoms with Crippen LogP contribution in [0.3, 0.4) is 0 Å². The van der Waals surface area contributed by atoms with Crippen molar-refractivity contribution < 1.29 is 0 Å². The van der Waals surface area contributed by atoms with E-state index < -0.39 is 0 Å². The molecule has 2 rings (SSSR count). The molecule has 0 aromatic heterocycles. The zero-order valence-corrected chi connectivity index (χ0v) is 10.3. The number of hydrogen-bond acceptors (Lipinski definition) is 3. The van der Waals surface area contributed by atoms with Gasteiger partial charge in [0.2, 0.25) is 0 Å². The molecule has 1 heterocycles. The molecule has 0 saturated heterocycles. The summed E-state index contributed by atoms with van der Waals surface area (Å²) in [6.07, 6.45) is 0.975. The third-order valence-electron chi connectivity index (χ3n) is 3.21. The average Bonchev–Trinajstić information content (AvgIpc) is 2.57. The number of para-hydroxylation sites is 1. The Balaban J connectivity index is 2.46. The van der Waals surface area contributed by atoms with E-state index in [1.54, 1.807) is 0 Å². The highest BCUT2D eigenvalue weighted by Gasteiger charge is 2.38. The maximum absolute atomic E-state index is 6.20. The minimum Gasteiger partial charge on any atom is -0.369 e. The van der Waals surface area contributed by atoms with Gasteiger partial charge in [-0.2, -0.15) is 0 Å². The molecule has 1 aromatic carbocycles. The van der Waals surface area contributed by atoms with Crippen LogP contribution in [0, 0.1) is 0 Å². The zero-order valence-electron chi connectivity index (χ0n) is 9.57. The van der Waals surface area contributed by atoms with Crippen LogP contribution in [0.2, 0.25) is 5.02 Å².